The minimum Gasteiger partial charge on any atom is -0.465 e. The topological polar surface area (TPSA) is 50.1 Å². The highest BCUT2D eigenvalue weighted by molar-refractivity contribution is 5.75. The molecule has 0 radical (unpaired) electrons. The maximum absolute atomic E-state index is 11.0. The van der Waals surface area contributed by atoms with E-state index in [9.17, 15) is 4.79 Å². The van der Waals surface area contributed by atoms with Gasteiger partial charge in [0.25, 0.3) is 0 Å². The average molecular weight is 185 g/mol. The first-order valence-electron chi connectivity index (χ1n) is 4.69. The van der Waals surface area contributed by atoms with Gasteiger partial charge < -0.3 is 4.74 Å². The minimum atomic E-state index is -0.616. The largest absolute Gasteiger partial charge is 0.465 e. The Bertz CT molecular complexity index is 170. The fourth-order valence-electron chi connectivity index (χ4n) is 0.706. The molecule has 0 aromatic rings. The molecular weight excluding hydrogens is 166 g/mol. The molecule has 76 valence electrons. The molecule has 0 saturated heterocycles. The lowest BCUT2D eigenvalue weighted by Gasteiger charge is -2.10. The summed E-state index contributed by atoms with van der Waals surface area (Å²) < 4.78 is 4.69. The van der Waals surface area contributed by atoms with Crippen LogP contribution in [0.3, 0.4) is 0 Å². The van der Waals surface area contributed by atoms with Gasteiger partial charge in [0.05, 0.1) is 12.7 Å². The molecule has 0 fully saturated rings. The smallest absolute Gasteiger partial charge is 0.323 e. The molecule has 3 heteroatoms. The van der Waals surface area contributed by atoms with Crippen LogP contribution in [-0.4, -0.2) is 12.6 Å². The summed E-state index contributed by atoms with van der Waals surface area (Å²) in [5.41, 5.74) is 0. The van der Waals surface area contributed by atoms with Crippen LogP contribution < -0.4 is 0 Å². The molecule has 1 atom stereocenters. The third-order valence-corrected chi connectivity index (χ3v) is 1.35. The molecule has 0 heterocycles. The molecule has 0 aliphatic rings. The third kappa shape index (κ3) is 6.15. The first kappa shape index (κ1) is 14.5. The fraction of sp³-hybridized carbons (Fsp3) is 0.800. The molecule has 0 bridgehead atoms. The summed E-state index contributed by atoms with van der Waals surface area (Å²) in [5.74, 6) is -1.00. The fourth-order valence-corrected chi connectivity index (χ4v) is 0.706. The van der Waals surface area contributed by atoms with Gasteiger partial charge in [-0.25, -0.2) is 0 Å². The predicted molar refractivity (Wildman–Crippen MR) is 51.9 cm³/mol. The van der Waals surface area contributed by atoms with E-state index in [0.29, 0.717) is 6.61 Å². The highest BCUT2D eigenvalue weighted by Gasteiger charge is 2.22. The predicted octanol–water partition coefficient (Wildman–Crippen LogP) is 2.37. The summed E-state index contributed by atoms with van der Waals surface area (Å²) in [4.78, 5) is 11.0. The number of hydrogen-bond acceptors (Lipinski definition) is 3. The number of carbonyl (C=O) groups excluding carboxylic acids is 1. The van der Waals surface area contributed by atoms with Gasteiger partial charge in [0.1, 0.15) is 5.92 Å². The molecule has 0 N–H and O–H groups in total. The van der Waals surface area contributed by atoms with Crippen LogP contribution in [0.1, 0.15) is 34.6 Å². The Labute approximate surface area is 80.7 Å². The molecule has 0 rings (SSSR count). The SMILES string of the molecule is CC.CCOC(=O)C(C#N)C(C)C. The van der Waals surface area contributed by atoms with Gasteiger partial charge in [-0.05, 0) is 12.8 Å². The van der Waals surface area contributed by atoms with E-state index in [4.69, 9.17) is 10.00 Å². The van der Waals surface area contributed by atoms with Crippen LogP contribution in [-0.2, 0) is 9.53 Å². The second kappa shape index (κ2) is 9.05. The number of carbonyl (C=O) groups is 1. The summed E-state index contributed by atoms with van der Waals surface area (Å²) in [6.45, 7) is 9.71. The molecule has 3 nitrogen and oxygen atoms in total. The van der Waals surface area contributed by atoms with Crippen LogP contribution in [0, 0.1) is 23.2 Å². The number of ether oxygens (including phenoxy) is 1. The lowest BCUT2D eigenvalue weighted by atomic mass is 9.98. The van der Waals surface area contributed by atoms with Crippen molar-refractivity contribution in [3.05, 3.63) is 0 Å². The van der Waals surface area contributed by atoms with Gasteiger partial charge >= 0.3 is 5.97 Å². The summed E-state index contributed by atoms with van der Waals surface area (Å²) in [5, 5.41) is 8.54. The van der Waals surface area contributed by atoms with Gasteiger partial charge in [0.15, 0.2) is 0 Å². The summed E-state index contributed by atoms with van der Waals surface area (Å²) in [7, 11) is 0. The monoisotopic (exact) mass is 185 g/mol. The molecule has 0 aromatic carbocycles. The number of nitrogens with zero attached hydrogens (tertiary/aromatic N) is 1. The maximum atomic E-state index is 11.0. The van der Waals surface area contributed by atoms with Crippen molar-refractivity contribution >= 4 is 5.97 Å². The van der Waals surface area contributed by atoms with E-state index in [1.807, 2.05) is 33.8 Å². The van der Waals surface area contributed by atoms with Gasteiger partial charge in [0.2, 0.25) is 0 Å². The van der Waals surface area contributed by atoms with E-state index in [0.717, 1.165) is 0 Å². The van der Waals surface area contributed by atoms with Gasteiger partial charge in [-0.3, -0.25) is 4.79 Å². The minimum absolute atomic E-state index is 0.0269. The Morgan fingerprint density at radius 1 is 1.46 bits per heavy atom. The van der Waals surface area contributed by atoms with E-state index in [1.165, 1.54) is 0 Å². The van der Waals surface area contributed by atoms with Crippen LogP contribution in [0.5, 0.6) is 0 Å². The van der Waals surface area contributed by atoms with Crippen LogP contribution in [0.2, 0.25) is 0 Å². The lowest BCUT2D eigenvalue weighted by Crippen LogP contribution is -2.20. The number of hydrogen-bond donors (Lipinski definition) is 0. The third-order valence-electron chi connectivity index (χ3n) is 1.35. The van der Waals surface area contributed by atoms with Crippen LogP contribution in [0.25, 0.3) is 0 Å². The Morgan fingerprint density at radius 2 is 1.92 bits per heavy atom. The van der Waals surface area contributed by atoms with E-state index < -0.39 is 11.9 Å². The molecule has 0 saturated carbocycles. The van der Waals surface area contributed by atoms with Crippen molar-refractivity contribution < 1.29 is 9.53 Å². The number of esters is 1. The Kier molecular flexibility index (Phi) is 10.1. The van der Waals surface area contributed by atoms with Crippen molar-refractivity contribution in [2.24, 2.45) is 11.8 Å². The highest BCUT2D eigenvalue weighted by Crippen LogP contribution is 2.10. The van der Waals surface area contributed by atoms with E-state index in [2.05, 4.69) is 0 Å². The second-order valence-electron chi connectivity index (χ2n) is 2.60. The normalized spacial score (nSPS) is 10.8. The first-order valence-corrected chi connectivity index (χ1v) is 4.69. The van der Waals surface area contributed by atoms with Crippen LogP contribution in [0.15, 0.2) is 0 Å². The van der Waals surface area contributed by atoms with Crippen LogP contribution >= 0.6 is 0 Å². The molecule has 0 aliphatic carbocycles. The highest BCUT2D eigenvalue weighted by atomic mass is 16.5. The zero-order chi connectivity index (χ0) is 10.9. The van der Waals surface area contributed by atoms with Gasteiger partial charge in [-0.15, -0.1) is 0 Å². The van der Waals surface area contributed by atoms with Crippen LogP contribution in [0.4, 0.5) is 0 Å². The van der Waals surface area contributed by atoms with E-state index >= 15 is 0 Å². The van der Waals surface area contributed by atoms with Crippen molar-refractivity contribution in [2.75, 3.05) is 6.61 Å². The summed E-state index contributed by atoms with van der Waals surface area (Å²) in [6, 6.07) is 1.91. The van der Waals surface area contributed by atoms with Crippen molar-refractivity contribution in [3.63, 3.8) is 0 Å². The molecule has 0 spiro atoms. The second-order valence-corrected chi connectivity index (χ2v) is 2.60. The molecule has 0 amide bonds. The van der Waals surface area contributed by atoms with Gasteiger partial charge in [-0.1, -0.05) is 27.7 Å². The first-order chi connectivity index (χ1) is 6.13. The Hall–Kier alpha value is -1.04. The summed E-state index contributed by atoms with van der Waals surface area (Å²) >= 11 is 0. The average Bonchev–Trinajstić information content (AvgIpc) is 2.09. The molecular formula is C10H19NO2. The number of nitriles is 1. The van der Waals surface area contributed by atoms with E-state index in [1.54, 1.807) is 6.92 Å². The van der Waals surface area contributed by atoms with Gasteiger partial charge in [-0.2, -0.15) is 5.26 Å². The summed E-state index contributed by atoms with van der Waals surface area (Å²) in [6.07, 6.45) is 0. The quantitative estimate of drug-likeness (QED) is 0.634. The van der Waals surface area contributed by atoms with Crippen molar-refractivity contribution in [3.8, 4) is 6.07 Å². The maximum Gasteiger partial charge on any atom is 0.323 e. The van der Waals surface area contributed by atoms with E-state index in [-0.39, 0.29) is 5.92 Å². The van der Waals surface area contributed by atoms with Crippen molar-refractivity contribution in [1.29, 1.82) is 5.26 Å². The molecule has 0 aromatic heterocycles. The zero-order valence-electron chi connectivity index (χ0n) is 9.13. The molecule has 0 aliphatic heterocycles. The lowest BCUT2D eigenvalue weighted by molar-refractivity contribution is -0.147. The van der Waals surface area contributed by atoms with Gasteiger partial charge in [0, 0.05) is 0 Å². The molecule has 1 unspecified atom stereocenters. The van der Waals surface area contributed by atoms with Crippen molar-refractivity contribution in [2.45, 2.75) is 34.6 Å². The Morgan fingerprint density at radius 3 is 2.15 bits per heavy atom. The standard InChI is InChI=1S/C8H13NO2.C2H6/c1-4-11-8(10)7(5-9)6(2)3;1-2/h6-7H,4H2,1-3H3;1-2H3. The Balaban J connectivity index is 0. The number of rotatable bonds is 3. The zero-order valence-corrected chi connectivity index (χ0v) is 9.13. The van der Waals surface area contributed by atoms with Crippen molar-refractivity contribution in [1.82, 2.24) is 0 Å². The molecule has 13 heavy (non-hydrogen) atoms.